The molecule has 0 radical (unpaired) electrons. The molecule has 0 bridgehead atoms. The molecule has 0 saturated heterocycles. The fraction of sp³-hybridized carbons (Fsp3) is 0.0377. The van der Waals surface area contributed by atoms with E-state index in [9.17, 15) is 18.4 Å². The van der Waals surface area contributed by atoms with Gasteiger partial charge >= 0.3 is 12.4 Å². The number of fused-ring (bicyclic) bond motifs is 6. The van der Waals surface area contributed by atoms with Crippen LogP contribution < -0.4 is 0 Å². The molecule has 2 aromatic heterocycles. The number of hydrogen-bond acceptors (Lipinski definition) is 1. The van der Waals surface area contributed by atoms with Gasteiger partial charge in [-0.3, -0.25) is 0 Å². The summed E-state index contributed by atoms with van der Waals surface area (Å²) in [6.07, 6.45) is -10.3. The average molecular weight is 848 g/mol. The molecule has 2 heterocycles. The Kier molecular flexibility index (Phi) is 9.14. The van der Waals surface area contributed by atoms with Crippen LogP contribution in [0.4, 0.5) is 37.7 Å². The number of aromatic nitrogens is 2. The summed E-state index contributed by atoms with van der Waals surface area (Å²) in [5, 5.41) is 14.1. The number of halogens is 6. The number of benzene rings is 8. The number of alkyl halides is 6. The smallest absolute Gasteiger partial charge is 0.309 e. The molecule has 0 atom stereocenters. The minimum Gasteiger partial charge on any atom is -0.309 e. The van der Waals surface area contributed by atoms with Gasteiger partial charge in [0.2, 0.25) is 0 Å². The zero-order valence-corrected chi connectivity index (χ0v) is 33.1. The highest BCUT2D eigenvalue weighted by atomic mass is 19.4. The third-order valence-electron chi connectivity index (χ3n) is 11.7. The fourth-order valence-electron chi connectivity index (χ4n) is 8.87. The van der Waals surface area contributed by atoms with Crippen LogP contribution in [0.3, 0.4) is 0 Å². The maximum absolute atomic E-state index is 15.3. The number of rotatable bonds is 5. The summed E-state index contributed by atoms with van der Waals surface area (Å²) in [4.78, 5) is 7.40. The number of nitrogens with zero attached hydrogens (tertiary/aromatic N) is 5. The molecule has 8 aromatic carbocycles. The van der Waals surface area contributed by atoms with Gasteiger partial charge in [0.15, 0.2) is 11.4 Å². The zero-order chi connectivity index (χ0) is 44.5. The predicted molar refractivity (Wildman–Crippen MR) is 239 cm³/mol. The Labute approximate surface area is 361 Å². The Morgan fingerprint density at radius 1 is 0.438 bits per heavy atom. The molecular formula is C53H27F6N5. The van der Waals surface area contributed by atoms with Crippen molar-refractivity contribution in [2.24, 2.45) is 0 Å². The Morgan fingerprint density at radius 2 is 0.922 bits per heavy atom. The molecule has 0 spiro atoms. The van der Waals surface area contributed by atoms with E-state index in [1.165, 1.54) is 12.1 Å². The van der Waals surface area contributed by atoms with Crippen molar-refractivity contribution in [3.05, 3.63) is 203 Å². The molecule has 306 valence electrons. The lowest BCUT2D eigenvalue weighted by molar-refractivity contribution is -0.142. The van der Waals surface area contributed by atoms with Gasteiger partial charge in [-0.05, 0) is 76.3 Å². The monoisotopic (exact) mass is 847 g/mol. The largest absolute Gasteiger partial charge is 0.417 e. The van der Waals surface area contributed by atoms with E-state index in [4.69, 9.17) is 13.1 Å². The van der Waals surface area contributed by atoms with E-state index in [1.54, 1.807) is 63.7 Å². The van der Waals surface area contributed by atoms with Gasteiger partial charge in [-0.15, -0.1) is 0 Å². The molecule has 10 aromatic rings. The lowest BCUT2D eigenvalue weighted by Gasteiger charge is -2.22. The van der Waals surface area contributed by atoms with Gasteiger partial charge in [-0.2, -0.15) is 31.6 Å². The van der Waals surface area contributed by atoms with E-state index in [-0.39, 0.29) is 28.6 Å². The highest BCUT2D eigenvalue weighted by Crippen LogP contribution is 2.47. The lowest BCUT2D eigenvalue weighted by atomic mass is 9.93. The van der Waals surface area contributed by atoms with Crippen molar-refractivity contribution in [1.82, 2.24) is 9.13 Å². The highest BCUT2D eigenvalue weighted by molar-refractivity contribution is 6.12. The Hall–Kier alpha value is -8.59. The van der Waals surface area contributed by atoms with Crippen LogP contribution in [-0.4, -0.2) is 9.13 Å². The topological polar surface area (TPSA) is 42.4 Å². The summed E-state index contributed by atoms with van der Waals surface area (Å²) >= 11 is 0. The normalized spacial score (nSPS) is 11.9. The van der Waals surface area contributed by atoms with Crippen LogP contribution in [0.2, 0.25) is 0 Å². The van der Waals surface area contributed by atoms with Crippen LogP contribution in [-0.2, 0) is 12.4 Å². The summed E-state index contributed by atoms with van der Waals surface area (Å²) in [5.74, 6) is 0. The van der Waals surface area contributed by atoms with Crippen LogP contribution in [0.15, 0.2) is 164 Å². The highest BCUT2D eigenvalue weighted by Gasteiger charge is 2.39. The molecule has 0 N–H and O–H groups in total. The molecule has 0 aliphatic heterocycles. The minimum absolute atomic E-state index is 0.0641. The molecule has 64 heavy (non-hydrogen) atoms. The van der Waals surface area contributed by atoms with E-state index < -0.39 is 29.0 Å². The zero-order valence-electron chi connectivity index (χ0n) is 33.1. The van der Waals surface area contributed by atoms with Crippen molar-refractivity contribution in [3.63, 3.8) is 0 Å². The van der Waals surface area contributed by atoms with Gasteiger partial charge in [-0.1, -0.05) is 115 Å². The van der Waals surface area contributed by atoms with E-state index >= 15 is 13.2 Å². The standard InChI is InChI=1S/C53H27F6N5/c1-61-44-15-7-3-11-35(44)31-19-22-40-38-13-5-9-17-46(38)63(49(40)25-31)48-29-42(37-24-21-34(52(54,55)56)28-43(37)53(57,58)59)51(27-33(48)30-60)64-47-18-10-6-14-39(47)41-23-20-32(26-50(41)64)36-12-4-8-16-45(36)62-2/h3-29H. The SMILES string of the molecule is [C-]#[N+]c1ccccc1-c1ccc2c3ccccc3n(-c3cc(-c4ccc(C(F)(F)F)cc4C(F)(F)F)c(-n4c5ccccc5c5ccc(-c6ccccc6[N+]#[C-])cc54)cc3C#N)c2c1. The Morgan fingerprint density at radius 3 is 1.42 bits per heavy atom. The van der Waals surface area contributed by atoms with E-state index in [0.29, 0.717) is 67.1 Å². The quantitative estimate of drug-likeness (QED) is 0.126. The Balaban J connectivity index is 1.36. The molecule has 11 heteroatoms. The van der Waals surface area contributed by atoms with E-state index in [1.807, 2.05) is 78.9 Å². The number of nitriles is 1. The van der Waals surface area contributed by atoms with Gasteiger partial charge in [0.05, 0.1) is 63.3 Å². The maximum atomic E-state index is 15.3. The van der Waals surface area contributed by atoms with Gasteiger partial charge in [0.1, 0.15) is 6.07 Å². The molecule has 0 unspecified atom stereocenters. The second kappa shape index (κ2) is 14.8. The van der Waals surface area contributed by atoms with E-state index in [2.05, 4.69) is 15.8 Å². The van der Waals surface area contributed by atoms with Crippen molar-refractivity contribution in [2.75, 3.05) is 0 Å². The second-order valence-corrected chi connectivity index (χ2v) is 15.2. The van der Waals surface area contributed by atoms with Crippen molar-refractivity contribution < 1.29 is 26.3 Å². The van der Waals surface area contributed by atoms with Crippen LogP contribution in [0, 0.1) is 24.5 Å². The molecule has 0 saturated carbocycles. The van der Waals surface area contributed by atoms with Crippen molar-refractivity contribution >= 4 is 55.0 Å². The van der Waals surface area contributed by atoms with Gasteiger partial charge < -0.3 is 9.13 Å². The summed E-state index contributed by atoms with van der Waals surface area (Å²) in [5.41, 5.74) is 2.43. The minimum atomic E-state index is -5.24. The van der Waals surface area contributed by atoms with Gasteiger partial charge in [-0.25, -0.2) is 9.69 Å². The molecule has 0 fully saturated rings. The lowest BCUT2D eigenvalue weighted by Crippen LogP contribution is -2.13. The molecule has 5 nitrogen and oxygen atoms in total. The third kappa shape index (κ3) is 6.32. The first-order chi connectivity index (χ1) is 30.9. The summed E-state index contributed by atoms with van der Waals surface area (Å²) in [6.45, 7) is 15.6. The van der Waals surface area contributed by atoms with Crippen molar-refractivity contribution in [1.29, 1.82) is 5.26 Å². The molecule has 0 aliphatic carbocycles. The summed E-state index contributed by atoms with van der Waals surface area (Å²) in [6, 6.07) is 46.8. The van der Waals surface area contributed by atoms with Crippen LogP contribution in [0.25, 0.3) is 98.1 Å². The maximum Gasteiger partial charge on any atom is 0.417 e. The van der Waals surface area contributed by atoms with Crippen LogP contribution in [0.5, 0.6) is 0 Å². The Bertz CT molecular complexity index is 3700. The second-order valence-electron chi connectivity index (χ2n) is 15.2. The number of hydrogen-bond donors (Lipinski definition) is 0. The van der Waals surface area contributed by atoms with Crippen molar-refractivity contribution in [3.8, 4) is 50.8 Å². The van der Waals surface area contributed by atoms with Gasteiger partial charge in [0, 0.05) is 27.1 Å². The summed E-state index contributed by atoms with van der Waals surface area (Å²) < 4.78 is 92.0. The molecule has 0 amide bonds. The average Bonchev–Trinajstić information content (AvgIpc) is 3.82. The first-order valence-electron chi connectivity index (χ1n) is 19.8. The molecule has 0 aliphatic rings. The first-order valence-corrected chi connectivity index (χ1v) is 19.8. The first kappa shape index (κ1) is 39.5. The van der Waals surface area contributed by atoms with Crippen LogP contribution in [0.1, 0.15) is 16.7 Å². The van der Waals surface area contributed by atoms with Crippen molar-refractivity contribution in [2.45, 2.75) is 12.4 Å². The molecular weight excluding hydrogens is 821 g/mol. The van der Waals surface area contributed by atoms with Crippen LogP contribution >= 0.6 is 0 Å². The molecule has 10 rings (SSSR count). The van der Waals surface area contributed by atoms with E-state index in [0.717, 1.165) is 22.2 Å². The fourth-order valence-corrected chi connectivity index (χ4v) is 8.87. The number of para-hydroxylation sites is 4. The third-order valence-corrected chi connectivity index (χ3v) is 11.7. The predicted octanol–water partition coefficient (Wildman–Crippen LogP) is 15.9. The van der Waals surface area contributed by atoms with Gasteiger partial charge in [0.25, 0.3) is 0 Å². The summed E-state index contributed by atoms with van der Waals surface area (Å²) in [7, 11) is 0.